The smallest absolute Gasteiger partial charge is 0.212 e. The van der Waals surface area contributed by atoms with E-state index in [1.165, 1.54) is 17.0 Å². The van der Waals surface area contributed by atoms with E-state index in [1.54, 1.807) is 18.2 Å². The zero-order valence-corrected chi connectivity index (χ0v) is 13.2. The van der Waals surface area contributed by atoms with Gasteiger partial charge in [-0.2, -0.15) is 0 Å². The van der Waals surface area contributed by atoms with Crippen molar-refractivity contribution in [2.75, 3.05) is 14.1 Å². The molecule has 114 valence electrons. The van der Waals surface area contributed by atoms with E-state index in [0.29, 0.717) is 11.7 Å². The van der Waals surface area contributed by atoms with Crippen LogP contribution in [-0.4, -0.2) is 30.5 Å². The molecule has 0 bridgehead atoms. The first-order valence-electron chi connectivity index (χ1n) is 6.75. The van der Waals surface area contributed by atoms with Gasteiger partial charge in [0.05, 0.1) is 31.9 Å². The first-order chi connectivity index (χ1) is 9.50. The number of nitrogens with one attached hydrogen (secondary N) is 1. The van der Waals surface area contributed by atoms with Gasteiger partial charge in [-0.3, -0.25) is 4.79 Å². The number of aromatic nitrogens is 1. The Balaban J connectivity index is 0.00000220. The minimum atomic E-state index is -0.475. The van der Waals surface area contributed by atoms with Crippen molar-refractivity contribution in [1.29, 1.82) is 0 Å². The molecule has 1 atom stereocenters. The van der Waals surface area contributed by atoms with E-state index in [-0.39, 0.29) is 23.8 Å². The average Bonchev–Trinajstić information content (AvgIpc) is 2.86. The monoisotopic (exact) mass is 310 g/mol. The van der Waals surface area contributed by atoms with E-state index < -0.39 is 5.82 Å². The number of ketones is 1. The molecule has 0 saturated carbocycles. The summed E-state index contributed by atoms with van der Waals surface area (Å²) in [4.78, 5) is 13.7. The van der Waals surface area contributed by atoms with Crippen molar-refractivity contribution in [3.63, 3.8) is 0 Å². The minimum absolute atomic E-state index is 0. The van der Waals surface area contributed by atoms with Gasteiger partial charge in [0, 0.05) is 6.20 Å². The van der Waals surface area contributed by atoms with E-state index in [1.807, 2.05) is 16.8 Å². The Morgan fingerprint density at radius 1 is 1.24 bits per heavy atom. The molecule has 1 unspecified atom stereocenters. The molecule has 0 aliphatic carbocycles. The molecule has 0 aliphatic rings. The van der Waals surface area contributed by atoms with E-state index in [2.05, 4.69) is 21.0 Å². The summed E-state index contributed by atoms with van der Waals surface area (Å²) in [7, 11) is 4.15. The Labute approximate surface area is 130 Å². The van der Waals surface area contributed by atoms with Gasteiger partial charge >= 0.3 is 0 Å². The summed E-state index contributed by atoms with van der Waals surface area (Å²) in [6, 6.07) is 10.0. The molecule has 0 radical (unpaired) electrons. The molecular weight excluding hydrogens is 291 g/mol. The normalized spacial score (nSPS) is 12.0. The molecule has 0 amide bonds. The zero-order valence-electron chi connectivity index (χ0n) is 12.4. The van der Waals surface area contributed by atoms with Gasteiger partial charge in [0.1, 0.15) is 11.9 Å². The third-order valence-corrected chi connectivity index (χ3v) is 3.64. The first kappa shape index (κ1) is 17.4. The molecule has 3 nitrogen and oxygen atoms in total. The van der Waals surface area contributed by atoms with Gasteiger partial charge in [0.25, 0.3) is 0 Å². The van der Waals surface area contributed by atoms with Gasteiger partial charge in [-0.25, -0.2) is 4.39 Å². The van der Waals surface area contributed by atoms with E-state index in [0.717, 1.165) is 6.54 Å². The van der Waals surface area contributed by atoms with Crippen molar-refractivity contribution in [1.82, 2.24) is 4.57 Å². The number of likely N-dealkylation sites (N-methyl/N-ethyl adjacent to an activating group) is 1. The second-order valence-corrected chi connectivity index (χ2v) is 5.33. The second kappa shape index (κ2) is 7.38. The lowest BCUT2D eigenvalue weighted by atomic mass is 10.1. The molecule has 0 fully saturated rings. The Bertz CT molecular complexity index is 610. The number of hydrogen-bond acceptors (Lipinski definition) is 1. The van der Waals surface area contributed by atoms with Crippen LogP contribution in [0.3, 0.4) is 0 Å². The molecule has 21 heavy (non-hydrogen) atoms. The van der Waals surface area contributed by atoms with Crippen molar-refractivity contribution < 1.29 is 26.5 Å². The maximum atomic E-state index is 13.7. The van der Waals surface area contributed by atoms with E-state index in [9.17, 15) is 9.18 Å². The fourth-order valence-corrected chi connectivity index (χ4v) is 2.04. The highest BCUT2D eigenvalue weighted by Gasteiger charge is 2.18. The number of quaternary nitrogens is 1. The third-order valence-electron chi connectivity index (χ3n) is 3.64. The fourth-order valence-electron chi connectivity index (χ4n) is 2.04. The topological polar surface area (TPSA) is 26.4 Å². The number of halogens is 2. The maximum absolute atomic E-state index is 13.7. The van der Waals surface area contributed by atoms with Crippen LogP contribution in [0.5, 0.6) is 0 Å². The summed E-state index contributed by atoms with van der Waals surface area (Å²) in [5.41, 5.74) is 0.653. The number of carbonyl (C=O) groups excluding carboxylic acids is 1. The summed E-state index contributed by atoms with van der Waals surface area (Å²) in [5.74, 6) is -0.745. The zero-order chi connectivity index (χ0) is 14.7. The Morgan fingerprint density at radius 2 is 1.90 bits per heavy atom. The van der Waals surface area contributed by atoms with E-state index >= 15 is 0 Å². The third kappa shape index (κ3) is 3.93. The molecule has 5 heteroatoms. The van der Waals surface area contributed by atoms with Crippen LogP contribution in [0, 0.1) is 5.82 Å². The lowest BCUT2D eigenvalue weighted by Crippen LogP contribution is -3.10. The molecule has 2 aromatic rings. The van der Waals surface area contributed by atoms with Gasteiger partial charge in [-0.05, 0) is 31.2 Å². The van der Waals surface area contributed by atoms with Crippen molar-refractivity contribution in [2.45, 2.75) is 19.5 Å². The number of hydrogen-bond donors (Lipinski definition) is 1. The summed E-state index contributed by atoms with van der Waals surface area (Å²) in [6.45, 7) is 2.84. The van der Waals surface area contributed by atoms with Crippen molar-refractivity contribution in [3.8, 4) is 0 Å². The first-order valence-corrected chi connectivity index (χ1v) is 6.75. The molecule has 2 rings (SSSR count). The standard InChI is InChI=1S/C16H19FN2O.ClH/c1-12(18(2)3)11-19-10-6-9-15(19)16(20)13-7-4-5-8-14(13)17;/h4-10,12H,11H2,1-3H3;1H. The van der Waals surface area contributed by atoms with E-state index in [4.69, 9.17) is 0 Å². The van der Waals surface area contributed by atoms with Gasteiger partial charge < -0.3 is 21.9 Å². The Morgan fingerprint density at radius 3 is 2.52 bits per heavy atom. The van der Waals surface area contributed by atoms with Gasteiger partial charge in [0.2, 0.25) is 5.78 Å². The molecule has 1 aromatic carbocycles. The molecular formula is C16H20ClFN2O. The molecule has 1 aromatic heterocycles. The fraction of sp³-hybridized carbons (Fsp3) is 0.312. The largest absolute Gasteiger partial charge is 1.00 e. The summed E-state index contributed by atoms with van der Waals surface area (Å²) < 4.78 is 15.6. The number of benzene rings is 1. The second-order valence-electron chi connectivity index (χ2n) is 5.33. The minimum Gasteiger partial charge on any atom is -1.00 e. The van der Waals surface area contributed by atoms with Gasteiger partial charge in [0.15, 0.2) is 0 Å². The maximum Gasteiger partial charge on any atom is 0.212 e. The Hall–Kier alpha value is -1.65. The number of rotatable bonds is 5. The van der Waals surface area contributed by atoms with Crippen LogP contribution in [0.25, 0.3) is 0 Å². The lowest BCUT2D eigenvalue weighted by molar-refractivity contribution is -0.884. The summed E-state index contributed by atoms with van der Waals surface area (Å²) in [6.07, 6.45) is 1.87. The van der Waals surface area contributed by atoms with Crippen LogP contribution in [0.15, 0.2) is 42.6 Å². The van der Waals surface area contributed by atoms with Gasteiger partial charge in [-0.15, -0.1) is 0 Å². The van der Waals surface area contributed by atoms with Crippen LogP contribution >= 0.6 is 0 Å². The number of carbonyl (C=O) groups is 1. The van der Waals surface area contributed by atoms with Crippen LogP contribution in [0.2, 0.25) is 0 Å². The van der Waals surface area contributed by atoms with Crippen LogP contribution in [-0.2, 0) is 6.54 Å². The molecule has 1 N–H and O–H groups in total. The van der Waals surface area contributed by atoms with Gasteiger partial charge in [-0.1, -0.05) is 12.1 Å². The molecule has 1 heterocycles. The highest BCUT2D eigenvalue weighted by atomic mass is 35.5. The van der Waals surface area contributed by atoms with Crippen LogP contribution in [0.4, 0.5) is 4.39 Å². The SMILES string of the molecule is CC(Cn1cccc1C(=O)c1ccccc1F)[NH+](C)C.[Cl-]. The highest BCUT2D eigenvalue weighted by Crippen LogP contribution is 2.14. The quantitative estimate of drug-likeness (QED) is 0.661. The summed E-state index contributed by atoms with van der Waals surface area (Å²) >= 11 is 0. The molecule has 0 saturated heterocycles. The molecule has 0 aliphatic heterocycles. The summed E-state index contributed by atoms with van der Waals surface area (Å²) in [5, 5.41) is 0. The average molecular weight is 311 g/mol. The Kier molecular flexibility index (Phi) is 6.12. The molecule has 0 spiro atoms. The number of nitrogens with zero attached hydrogens (tertiary/aromatic N) is 1. The highest BCUT2D eigenvalue weighted by molar-refractivity contribution is 6.08. The van der Waals surface area contributed by atoms with Crippen LogP contribution < -0.4 is 17.3 Å². The predicted octanol–water partition coefficient (Wildman–Crippen LogP) is -1.60. The predicted molar refractivity (Wildman–Crippen MR) is 76.5 cm³/mol. The van der Waals surface area contributed by atoms with Crippen molar-refractivity contribution >= 4 is 5.78 Å². The van der Waals surface area contributed by atoms with Crippen molar-refractivity contribution in [2.24, 2.45) is 0 Å². The van der Waals surface area contributed by atoms with Crippen LogP contribution in [0.1, 0.15) is 23.0 Å². The van der Waals surface area contributed by atoms with Crippen molar-refractivity contribution in [3.05, 3.63) is 59.7 Å². The lowest BCUT2D eigenvalue weighted by Gasteiger charge is -2.19.